The molecule has 0 aliphatic rings. The molecular weight excluding hydrogens is 243 g/mol. The minimum Gasteiger partial charge on any atom is -0.481 e. The summed E-state index contributed by atoms with van der Waals surface area (Å²) in [7, 11) is 1.38. The van der Waals surface area contributed by atoms with Crippen LogP contribution in [0.5, 0.6) is 0 Å². The Morgan fingerprint density at radius 1 is 1.29 bits per heavy atom. The fraction of sp³-hybridized carbons (Fsp3) is 0.778. The summed E-state index contributed by atoms with van der Waals surface area (Å²) in [5.74, 6) is -1.49. The van der Waals surface area contributed by atoms with Gasteiger partial charge in [0.1, 0.15) is 6.61 Å². The highest BCUT2D eigenvalue weighted by Gasteiger charge is 2.27. The van der Waals surface area contributed by atoms with Gasteiger partial charge < -0.3 is 14.7 Å². The Bertz CT molecular complexity index is 267. The molecule has 0 rings (SSSR count). The quantitative estimate of drug-likeness (QED) is 0.688. The average Bonchev–Trinajstić information content (AvgIpc) is 2.19. The van der Waals surface area contributed by atoms with E-state index in [0.717, 1.165) is 4.90 Å². The van der Waals surface area contributed by atoms with Gasteiger partial charge in [0.2, 0.25) is 5.91 Å². The number of carbonyl (C=O) groups excluding carboxylic acids is 1. The molecule has 1 amide bonds. The van der Waals surface area contributed by atoms with Crippen molar-refractivity contribution in [3.05, 3.63) is 0 Å². The number of rotatable bonds is 7. The van der Waals surface area contributed by atoms with E-state index in [4.69, 9.17) is 5.11 Å². The third-order valence-electron chi connectivity index (χ3n) is 1.81. The summed E-state index contributed by atoms with van der Waals surface area (Å²) in [6.45, 7) is -1.71. The van der Waals surface area contributed by atoms with Crippen LogP contribution in [0.4, 0.5) is 13.2 Å². The maximum Gasteiger partial charge on any atom is 0.411 e. The van der Waals surface area contributed by atoms with E-state index < -0.39 is 24.7 Å². The fourth-order valence-corrected chi connectivity index (χ4v) is 0.926. The van der Waals surface area contributed by atoms with Crippen LogP contribution in [0.2, 0.25) is 0 Å². The number of halogens is 3. The smallest absolute Gasteiger partial charge is 0.411 e. The van der Waals surface area contributed by atoms with Gasteiger partial charge in [-0.1, -0.05) is 0 Å². The number of hydrogen-bond donors (Lipinski definition) is 1. The zero-order valence-corrected chi connectivity index (χ0v) is 9.29. The van der Waals surface area contributed by atoms with E-state index in [0.29, 0.717) is 0 Å². The highest BCUT2D eigenvalue weighted by Crippen LogP contribution is 2.14. The molecule has 0 aliphatic heterocycles. The summed E-state index contributed by atoms with van der Waals surface area (Å²) in [5, 5.41) is 8.36. The molecule has 8 heteroatoms. The van der Waals surface area contributed by atoms with Gasteiger partial charge in [0.25, 0.3) is 0 Å². The Kier molecular flexibility index (Phi) is 6.55. The first-order valence-corrected chi connectivity index (χ1v) is 4.82. The molecule has 17 heavy (non-hydrogen) atoms. The van der Waals surface area contributed by atoms with E-state index in [2.05, 4.69) is 4.74 Å². The van der Waals surface area contributed by atoms with Crippen molar-refractivity contribution in [2.45, 2.75) is 19.0 Å². The zero-order valence-electron chi connectivity index (χ0n) is 9.29. The Balaban J connectivity index is 3.68. The standard InChI is InChI=1S/C9H14F3NO4/c1-13(4-2-8(15)16)7(14)3-5-17-6-9(10,11)12/h2-6H2,1H3,(H,15,16). The number of hydrogen-bond acceptors (Lipinski definition) is 3. The average molecular weight is 257 g/mol. The van der Waals surface area contributed by atoms with Gasteiger partial charge in [-0.2, -0.15) is 13.2 Å². The van der Waals surface area contributed by atoms with Crippen molar-refractivity contribution in [2.75, 3.05) is 26.8 Å². The first-order chi connectivity index (χ1) is 7.72. The van der Waals surface area contributed by atoms with Crippen LogP contribution in [-0.2, 0) is 14.3 Å². The van der Waals surface area contributed by atoms with Crippen molar-refractivity contribution >= 4 is 11.9 Å². The summed E-state index contributed by atoms with van der Waals surface area (Å²) in [6, 6.07) is 0. The van der Waals surface area contributed by atoms with Gasteiger partial charge in [0.15, 0.2) is 0 Å². The molecule has 5 nitrogen and oxygen atoms in total. The Hall–Kier alpha value is -1.31. The van der Waals surface area contributed by atoms with Gasteiger partial charge in [0.05, 0.1) is 19.4 Å². The molecule has 0 fully saturated rings. The predicted octanol–water partition coefficient (Wildman–Crippen LogP) is 0.888. The van der Waals surface area contributed by atoms with Crippen LogP contribution in [-0.4, -0.2) is 54.9 Å². The maximum absolute atomic E-state index is 11.7. The van der Waals surface area contributed by atoms with Crippen LogP contribution in [0, 0.1) is 0 Å². The number of nitrogens with zero attached hydrogens (tertiary/aromatic N) is 1. The number of ether oxygens (including phenoxy) is 1. The lowest BCUT2D eigenvalue weighted by Gasteiger charge is -2.16. The maximum atomic E-state index is 11.7. The second-order valence-corrected chi connectivity index (χ2v) is 3.38. The highest BCUT2D eigenvalue weighted by molar-refractivity contribution is 5.76. The third-order valence-corrected chi connectivity index (χ3v) is 1.81. The van der Waals surface area contributed by atoms with Gasteiger partial charge in [-0.15, -0.1) is 0 Å². The largest absolute Gasteiger partial charge is 0.481 e. The number of amides is 1. The van der Waals surface area contributed by atoms with Gasteiger partial charge >= 0.3 is 12.1 Å². The molecule has 0 heterocycles. The van der Waals surface area contributed by atoms with E-state index in [1.807, 2.05) is 0 Å². The van der Waals surface area contributed by atoms with Gasteiger partial charge in [-0.25, -0.2) is 0 Å². The molecule has 0 aromatic rings. The number of carboxylic acid groups (broad SMARTS) is 1. The van der Waals surface area contributed by atoms with Crippen molar-refractivity contribution in [1.29, 1.82) is 0 Å². The van der Waals surface area contributed by atoms with Crippen molar-refractivity contribution < 1.29 is 32.6 Å². The molecule has 1 N–H and O–H groups in total. The van der Waals surface area contributed by atoms with Gasteiger partial charge in [-0.05, 0) is 0 Å². The lowest BCUT2D eigenvalue weighted by molar-refractivity contribution is -0.175. The monoisotopic (exact) mass is 257 g/mol. The van der Waals surface area contributed by atoms with Crippen LogP contribution >= 0.6 is 0 Å². The molecule has 0 saturated carbocycles. The van der Waals surface area contributed by atoms with Crippen LogP contribution in [0.25, 0.3) is 0 Å². The molecule has 100 valence electrons. The molecular formula is C9H14F3NO4. The van der Waals surface area contributed by atoms with Crippen LogP contribution in [0.15, 0.2) is 0 Å². The first kappa shape index (κ1) is 15.7. The van der Waals surface area contributed by atoms with E-state index >= 15 is 0 Å². The van der Waals surface area contributed by atoms with Crippen LogP contribution in [0.3, 0.4) is 0 Å². The summed E-state index contributed by atoms with van der Waals surface area (Å²) < 4.78 is 39.2. The predicted molar refractivity (Wildman–Crippen MR) is 51.4 cm³/mol. The van der Waals surface area contributed by atoms with E-state index in [1.165, 1.54) is 7.05 Å². The van der Waals surface area contributed by atoms with Crippen molar-refractivity contribution in [3.8, 4) is 0 Å². The molecule has 0 aliphatic carbocycles. The minimum absolute atomic E-state index is 0.0213. The summed E-state index contributed by atoms with van der Waals surface area (Å²) in [4.78, 5) is 22.6. The Labute approximate surface area is 96.1 Å². The highest BCUT2D eigenvalue weighted by atomic mass is 19.4. The molecule has 0 unspecified atom stereocenters. The van der Waals surface area contributed by atoms with E-state index in [-0.39, 0.29) is 26.0 Å². The molecule has 0 bridgehead atoms. The van der Waals surface area contributed by atoms with Gasteiger partial charge in [-0.3, -0.25) is 9.59 Å². The molecule has 0 spiro atoms. The fourth-order valence-electron chi connectivity index (χ4n) is 0.926. The molecule has 0 radical (unpaired) electrons. The number of carboxylic acids is 1. The van der Waals surface area contributed by atoms with Crippen molar-refractivity contribution in [2.24, 2.45) is 0 Å². The molecule has 0 atom stereocenters. The minimum atomic E-state index is -4.40. The van der Waals surface area contributed by atoms with Crippen molar-refractivity contribution in [3.63, 3.8) is 0 Å². The SMILES string of the molecule is CN(CCC(=O)O)C(=O)CCOCC(F)(F)F. The molecule has 0 aromatic heterocycles. The topological polar surface area (TPSA) is 66.8 Å². The van der Waals surface area contributed by atoms with Gasteiger partial charge in [0, 0.05) is 13.6 Å². The Morgan fingerprint density at radius 2 is 1.88 bits per heavy atom. The Morgan fingerprint density at radius 3 is 2.35 bits per heavy atom. The third kappa shape index (κ3) is 9.61. The van der Waals surface area contributed by atoms with Crippen molar-refractivity contribution in [1.82, 2.24) is 4.90 Å². The van der Waals surface area contributed by atoms with Crippen LogP contribution in [0.1, 0.15) is 12.8 Å². The van der Waals surface area contributed by atoms with E-state index in [9.17, 15) is 22.8 Å². The normalized spacial score (nSPS) is 11.3. The summed E-state index contributed by atoms with van der Waals surface area (Å²) in [5.41, 5.74) is 0. The molecule has 0 aromatic carbocycles. The second-order valence-electron chi connectivity index (χ2n) is 3.38. The number of aliphatic carboxylic acids is 1. The first-order valence-electron chi connectivity index (χ1n) is 4.82. The lowest BCUT2D eigenvalue weighted by atomic mass is 10.3. The zero-order chi connectivity index (χ0) is 13.5. The second kappa shape index (κ2) is 7.10. The van der Waals surface area contributed by atoms with Crippen LogP contribution < -0.4 is 0 Å². The number of carbonyl (C=O) groups is 2. The summed E-state index contributed by atoms with van der Waals surface area (Å²) in [6.07, 6.45) is -4.81. The summed E-state index contributed by atoms with van der Waals surface area (Å²) >= 11 is 0. The molecule has 0 saturated heterocycles. The lowest BCUT2D eigenvalue weighted by Crippen LogP contribution is -2.30. The number of alkyl halides is 3. The van der Waals surface area contributed by atoms with E-state index in [1.54, 1.807) is 0 Å².